The smallest absolute Gasteiger partial charge is 0.224 e. The molecule has 0 saturated carbocycles. The van der Waals surface area contributed by atoms with E-state index < -0.39 is 6.29 Å². The second-order valence-electron chi connectivity index (χ2n) is 12.1. The minimum absolute atomic E-state index is 0.00462. The molecule has 0 bridgehead atoms. The van der Waals surface area contributed by atoms with E-state index in [0.29, 0.717) is 30.4 Å². The summed E-state index contributed by atoms with van der Waals surface area (Å²) in [5.41, 5.74) is 10.8. The summed E-state index contributed by atoms with van der Waals surface area (Å²) in [6, 6.07) is 23.3. The number of methoxy groups -OCH3 is 1. The van der Waals surface area contributed by atoms with Crippen molar-refractivity contribution in [2.75, 3.05) is 37.9 Å². The molecule has 4 atom stereocenters. The number of nitrogens with two attached hydrogens (primary N) is 1. The first kappa shape index (κ1) is 33.6. The molecule has 2 aliphatic heterocycles. The molecule has 46 heavy (non-hydrogen) atoms. The van der Waals surface area contributed by atoms with Gasteiger partial charge in [0.15, 0.2) is 6.29 Å². The molecule has 3 aromatic rings. The number of ether oxygens (including phenoxy) is 3. The third kappa shape index (κ3) is 9.37. The zero-order valence-electron chi connectivity index (χ0n) is 26.5. The molecule has 2 amide bonds. The van der Waals surface area contributed by atoms with Crippen LogP contribution < -0.4 is 16.4 Å². The van der Waals surface area contributed by atoms with Crippen molar-refractivity contribution in [2.24, 2.45) is 0 Å². The summed E-state index contributed by atoms with van der Waals surface area (Å²) in [5.74, 6) is -0.281. The molecule has 0 aliphatic carbocycles. The molecule has 10 heteroatoms. The van der Waals surface area contributed by atoms with E-state index in [9.17, 15) is 14.7 Å². The highest BCUT2D eigenvalue weighted by atomic mass is 16.7. The Hall–Kier alpha value is -3.80. The van der Waals surface area contributed by atoms with Crippen LogP contribution in [-0.4, -0.2) is 60.8 Å². The van der Waals surface area contributed by atoms with Crippen LogP contribution in [0.4, 0.5) is 11.4 Å². The monoisotopic (exact) mass is 630 g/mol. The summed E-state index contributed by atoms with van der Waals surface area (Å²) in [6.07, 6.45) is 3.24. The van der Waals surface area contributed by atoms with E-state index >= 15 is 0 Å². The van der Waals surface area contributed by atoms with E-state index in [1.807, 2.05) is 54.6 Å². The van der Waals surface area contributed by atoms with Crippen LogP contribution in [0.1, 0.15) is 73.2 Å². The maximum Gasteiger partial charge on any atom is 0.224 e. The topological polar surface area (TPSA) is 135 Å². The number of nitrogen functional groups attached to an aromatic ring is 1. The Balaban J connectivity index is 1.14. The van der Waals surface area contributed by atoms with Crippen LogP contribution in [0, 0.1) is 0 Å². The minimum atomic E-state index is -0.536. The molecule has 3 aromatic carbocycles. The Morgan fingerprint density at radius 2 is 1.67 bits per heavy atom. The predicted octanol–water partition coefficient (Wildman–Crippen LogP) is 4.84. The van der Waals surface area contributed by atoms with E-state index in [0.717, 1.165) is 61.2 Å². The molecule has 0 radical (unpaired) electrons. The number of nitrogens with zero attached hydrogens (tertiary/aromatic N) is 1. The van der Waals surface area contributed by atoms with Gasteiger partial charge < -0.3 is 35.7 Å². The molecule has 2 aliphatic rings. The first-order valence-corrected chi connectivity index (χ1v) is 16.1. The van der Waals surface area contributed by atoms with Crippen molar-refractivity contribution in [1.82, 2.24) is 10.2 Å². The first-order valence-electron chi connectivity index (χ1n) is 16.1. The molecule has 2 saturated heterocycles. The van der Waals surface area contributed by atoms with Crippen molar-refractivity contribution in [3.05, 3.63) is 95.1 Å². The maximum absolute atomic E-state index is 12.4. The first-order chi connectivity index (χ1) is 22.4. The van der Waals surface area contributed by atoms with Crippen molar-refractivity contribution in [3.63, 3.8) is 0 Å². The number of anilines is 2. The second-order valence-corrected chi connectivity index (χ2v) is 12.1. The highest BCUT2D eigenvalue weighted by molar-refractivity contribution is 5.93. The van der Waals surface area contributed by atoms with Gasteiger partial charge in [-0.25, -0.2) is 0 Å². The molecule has 0 spiro atoms. The zero-order chi connectivity index (χ0) is 32.3. The number of para-hydroxylation sites is 2. The van der Waals surface area contributed by atoms with Gasteiger partial charge in [0.05, 0.1) is 36.8 Å². The minimum Gasteiger partial charge on any atom is -0.397 e. The normalized spacial score (nSPS) is 21.6. The number of nitrogens with one attached hydrogen (secondary N) is 2. The van der Waals surface area contributed by atoms with Gasteiger partial charge in [0, 0.05) is 51.1 Å². The van der Waals surface area contributed by atoms with Gasteiger partial charge in [0.25, 0.3) is 0 Å². The third-order valence-electron chi connectivity index (χ3n) is 8.70. The number of aliphatic hydroxyl groups is 1. The summed E-state index contributed by atoms with van der Waals surface area (Å²) in [6.45, 7) is 2.95. The lowest BCUT2D eigenvalue weighted by atomic mass is 9.99. The Morgan fingerprint density at radius 1 is 0.957 bits per heavy atom. The van der Waals surface area contributed by atoms with Crippen LogP contribution in [0.25, 0.3) is 0 Å². The Bertz CT molecular complexity index is 1420. The summed E-state index contributed by atoms with van der Waals surface area (Å²) in [4.78, 5) is 27.1. The molecule has 2 fully saturated rings. The largest absolute Gasteiger partial charge is 0.397 e. The zero-order valence-corrected chi connectivity index (χ0v) is 26.5. The summed E-state index contributed by atoms with van der Waals surface area (Å²) < 4.78 is 18.5. The Kier molecular flexibility index (Phi) is 12.2. The average molecular weight is 631 g/mol. The van der Waals surface area contributed by atoms with Crippen molar-refractivity contribution in [1.29, 1.82) is 0 Å². The maximum atomic E-state index is 12.4. The predicted molar refractivity (Wildman–Crippen MR) is 177 cm³/mol. The fraction of sp³-hybridized carbons (Fsp3) is 0.444. The molecule has 0 unspecified atom stereocenters. The third-order valence-corrected chi connectivity index (χ3v) is 8.70. The molecule has 246 valence electrons. The summed E-state index contributed by atoms with van der Waals surface area (Å²) >= 11 is 0. The van der Waals surface area contributed by atoms with Crippen LogP contribution in [0.3, 0.4) is 0 Å². The molecule has 0 aromatic heterocycles. The fourth-order valence-corrected chi connectivity index (χ4v) is 6.13. The quantitative estimate of drug-likeness (QED) is 0.186. The number of carbonyl (C=O) groups excluding carboxylic acids is 2. The summed E-state index contributed by atoms with van der Waals surface area (Å²) in [7, 11) is 1.75. The molecule has 2 heterocycles. The van der Waals surface area contributed by atoms with Crippen LogP contribution in [0.2, 0.25) is 0 Å². The van der Waals surface area contributed by atoms with Crippen molar-refractivity contribution in [2.45, 2.75) is 76.2 Å². The number of benzene rings is 3. The van der Waals surface area contributed by atoms with Gasteiger partial charge in [-0.05, 0) is 54.6 Å². The molecular formula is C36H46N4O6. The number of carbonyl (C=O) groups is 2. The molecular weight excluding hydrogens is 584 g/mol. The van der Waals surface area contributed by atoms with Crippen LogP contribution in [-0.2, 0) is 37.0 Å². The molecule has 10 nitrogen and oxygen atoms in total. The molecule has 5 N–H and O–H groups in total. The number of hydrogen-bond donors (Lipinski definition) is 4. The lowest BCUT2D eigenvalue weighted by Gasteiger charge is -2.38. The molecule has 5 rings (SSSR count). The number of hydrogen-bond acceptors (Lipinski definition) is 8. The van der Waals surface area contributed by atoms with E-state index in [1.165, 1.54) is 0 Å². The lowest BCUT2D eigenvalue weighted by molar-refractivity contribution is -0.253. The van der Waals surface area contributed by atoms with Gasteiger partial charge in [-0.15, -0.1) is 0 Å². The number of likely N-dealkylation sites (tertiary alicyclic amines) is 1. The standard InChI is InChI=1S/C36H46N4O6/c1-44-24-29-6-5-19-40(29)22-30-20-33(27-15-13-26(23-41)14-16-27)46-36(45-30)28-17-11-25(12-18-28)21-38-34(42)9-4-10-35(43)39-32-8-3-2-7-31(32)37/h2-3,7-8,11-18,29-30,33,36,41H,4-6,9-10,19-24,37H2,1H3,(H,38,42)(H,39,43)/t29-,30+,33-,36-/m0/s1. The fourth-order valence-electron chi connectivity index (χ4n) is 6.13. The average Bonchev–Trinajstić information content (AvgIpc) is 3.51. The van der Waals surface area contributed by atoms with Crippen LogP contribution >= 0.6 is 0 Å². The lowest BCUT2D eigenvalue weighted by Crippen LogP contribution is -2.42. The van der Waals surface area contributed by atoms with Gasteiger partial charge in [0.1, 0.15) is 0 Å². The highest BCUT2D eigenvalue weighted by Gasteiger charge is 2.35. The van der Waals surface area contributed by atoms with E-state index in [1.54, 1.807) is 25.3 Å². The van der Waals surface area contributed by atoms with Crippen molar-refractivity contribution in [3.8, 4) is 0 Å². The van der Waals surface area contributed by atoms with Gasteiger partial charge in [-0.2, -0.15) is 0 Å². The van der Waals surface area contributed by atoms with Gasteiger partial charge in [0.2, 0.25) is 11.8 Å². The number of aliphatic hydroxyl groups excluding tert-OH is 1. The number of rotatable bonds is 14. The van der Waals surface area contributed by atoms with E-state index in [-0.39, 0.29) is 43.5 Å². The van der Waals surface area contributed by atoms with Crippen LogP contribution in [0.15, 0.2) is 72.8 Å². The van der Waals surface area contributed by atoms with Gasteiger partial charge in [-0.3, -0.25) is 14.5 Å². The highest BCUT2D eigenvalue weighted by Crippen LogP contribution is 2.38. The number of amides is 2. The van der Waals surface area contributed by atoms with E-state index in [4.69, 9.17) is 19.9 Å². The van der Waals surface area contributed by atoms with Crippen LogP contribution in [0.5, 0.6) is 0 Å². The SMILES string of the molecule is COC[C@@H]1CCCN1C[C@H]1C[C@@H](c2ccc(CO)cc2)O[C@@H](c2ccc(CNC(=O)CCCC(=O)Nc3ccccc3N)cc2)O1. The Labute approximate surface area is 271 Å². The van der Waals surface area contributed by atoms with E-state index in [2.05, 4.69) is 15.5 Å². The van der Waals surface area contributed by atoms with Crippen molar-refractivity contribution >= 4 is 23.2 Å². The second kappa shape index (κ2) is 16.7. The Morgan fingerprint density at radius 3 is 2.41 bits per heavy atom. The van der Waals surface area contributed by atoms with Gasteiger partial charge >= 0.3 is 0 Å². The van der Waals surface area contributed by atoms with Crippen molar-refractivity contribution < 1.29 is 28.9 Å². The summed E-state index contributed by atoms with van der Waals surface area (Å²) in [5, 5.41) is 15.2. The van der Waals surface area contributed by atoms with Gasteiger partial charge in [-0.1, -0.05) is 60.7 Å².